The minimum atomic E-state index is -0.803. The average Bonchev–Trinajstić information content (AvgIpc) is 2.57. The van der Waals surface area contributed by atoms with E-state index in [2.05, 4.69) is 27.4 Å². The number of esters is 3. The number of carbonyl (C=O) groups excluding carboxylic acids is 3. The van der Waals surface area contributed by atoms with Crippen LogP contribution in [0.15, 0.2) is 12.7 Å². The third kappa shape index (κ3) is 5.37. The summed E-state index contributed by atoms with van der Waals surface area (Å²) in [6.45, 7) is 18.7. The van der Waals surface area contributed by atoms with Crippen LogP contribution in [0.4, 0.5) is 0 Å². The molecule has 0 heterocycles. The maximum atomic E-state index is 12.2. The summed E-state index contributed by atoms with van der Waals surface area (Å²) in [5.74, 6) is -0.870. The zero-order chi connectivity index (χ0) is 24.5. The molecule has 0 aromatic carbocycles. The second kappa shape index (κ2) is 9.18. The van der Waals surface area contributed by atoms with E-state index in [1.165, 1.54) is 20.8 Å². The lowest BCUT2D eigenvalue weighted by atomic mass is 9.44. The van der Waals surface area contributed by atoms with Crippen molar-refractivity contribution in [3.63, 3.8) is 0 Å². The molecule has 0 aliphatic heterocycles. The van der Waals surface area contributed by atoms with Gasteiger partial charge in [0.05, 0.1) is 0 Å². The van der Waals surface area contributed by atoms with E-state index in [1.54, 1.807) is 6.08 Å². The quantitative estimate of drug-likeness (QED) is 0.294. The molecule has 0 unspecified atom stereocenters. The molecule has 2 saturated carbocycles. The van der Waals surface area contributed by atoms with Crippen LogP contribution in [-0.2, 0) is 28.6 Å². The molecule has 0 amide bonds. The highest BCUT2D eigenvalue weighted by Gasteiger charge is 2.64. The smallest absolute Gasteiger partial charge is 0.303 e. The summed E-state index contributed by atoms with van der Waals surface area (Å²) in [5.41, 5.74) is -1.85. The standard InChI is InChI=1S/C26H42O6/c1-10-24(7,31-18(3)28)15-12-21-25(8)14-11-13-23(5,6)22(25)20(30-17(2)27)16-26(21,9)32-19(4)29/h10,20-22H,1,11-16H2,2-9H3/t20-,21-,22+,24+,25-,26+/m1/s1. The summed E-state index contributed by atoms with van der Waals surface area (Å²) in [6, 6.07) is 0. The molecule has 182 valence electrons. The number of fused-ring (bicyclic) bond motifs is 1. The Labute approximate surface area is 193 Å². The predicted octanol–water partition coefficient (Wildman–Crippen LogP) is 5.38. The Morgan fingerprint density at radius 2 is 1.66 bits per heavy atom. The van der Waals surface area contributed by atoms with Gasteiger partial charge in [0.25, 0.3) is 0 Å². The summed E-state index contributed by atoms with van der Waals surface area (Å²) < 4.78 is 17.5. The Morgan fingerprint density at radius 1 is 1.03 bits per heavy atom. The maximum absolute atomic E-state index is 12.2. The van der Waals surface area contributed by atoms with E-state index in [4.69, 9.17) is 14.2 Å². The van der Waals surface area contributed by atoms with E-state index < -0.39 is 11.2 Å². The normalized spacial score (nSPS) is 35.6. The van der Waals surface area contributed by atoms with Gasteiger partial charge in [-0.2, -0.15) is 0 Å². The molecule has 0 radical (unpaired) electrons. The Morgan fingerprint density at radius 3 is 2.16 bits per heavy atom. The van der Waals surface area contributed by atoms with E-state index in [9.17, 15) is 14.4 Å². The minimum absolute atomic E-state index is 0.00474. The van der Waals surface area contributed by atoms with Crippen molar-refractivity contribution in [2.75, 3.05) is 0 Å². The van der Waals surface area contributed by atoms with Crippen LogP contribution in [0.5, 0.6) is 0 Å². The number of hydrogen-bond donors (Lipinski definition) is 0. The van der Waals surface area contributed by atoms with Gasteiger partial charge in [-0.25, -0.2) is 0 Å². The number of carbonyl (C=O) groups is 3. The van der Waals surface area contributed by atoms with E-state index in [-0.39, 0.29) is 46.7 Å². The fraction of sp³-hybridized carbons (Fsp3) is 0.808. The van der Waals surface area contributed by atoms with Gasteiger partial charge in [0, 0.05) is 39.0 Å². The zero-order valence-corrected chi connectivity index (χ0v) is 21.2. The minimum Gasteiger partial charge on any atom is -0.462 e. The van der Waals surface area contributed by atoms with E-state index in [0.29, 0.717) is 19.3 Å². The highest BCUT2D eigenvalue weighted by Crippen LogP contribution is 2.64. The second-order valence-electron chi connectivity index (χ2n) is 11.3. The monoisotopic (exact) mass is 450 g/mol. The van der Waals surface area contributed by atoms with Crippen molar-refractivity contribution in [3.05, 3.63) is 12.7 Å². The Bertz CT molecular complexity index is 757. The van der Waals surface area contributed by atoms with Gasteiger partial charge in [0.2, 0.25) is 0 Å². The van der Waals surface area contributed by atoms with Crippen molar-refractivity contribution in [3.8, 4) is 0 Å². The third-order valence-electron chi connectivity index (χ3n) is 8.03. The van der Waals surface area contributed by atoms with Crippen LogP contribution >= 0.6 is 0 Å². The van der Waals surface area contributed by atoms with Crippen LogP contribution in [0, 0.1) is 22.7 Å². The van der Waals surface area contributed by atoms with Crippen molar-refractivity contribution in [1.82, 2.24) is 0 Å². The largest absolute Gasteiger partial charge is 0.462 e. The van der Waals surface area contributed by atoms with Gasteiger partial charge in [-0.3, -0.25) is 14.4 Å². The number of ether oxygens (including phenoxy) is 3. The molecule has 0 spiro atoms. The van der Waals surface area contributed by atoms with Gasteiger partial charge in [0.15, 0.2) is 0 Å². The number of rotatable bonds is 7. The maximum Gasteiger partial charge on any atom is 0.303 e. The first kappa shape index (κ1) is 26.4. The van der Waals surface area contributed by atoms with Gasteiger partial charge < -0.3 is 14.2 Å². The zero-order valence-electron chi connectivity index (χ0n) is 21.2. The molecule has 32 heavy (non-hydrogen) atoms. The lowest BCUT2D eigenvalue weighted by molar-refractivity contribution is -0.235. The summed E-state index contributed by atoms with van der Waals surface area (Å²) >= 11 is 0. The van der Waals surface area contributed by atoms with Crippen molar-refractivity contribution in [1.29, 1.82) is 0 Å². The topological polar surface area (TPSA) is 78.9 Å². The van der Waals surface area contributed by atoms with Crippen molar-refractivity contribution >= 4 is 17.9 Å². The van der Waals surface area contributed by atoms with Crippen molar-refractivity contribution in [2.45, 2.75) is 111 Å². The predicted molar refractivity (Wildman–Crippen MR) is 123 cm³/mol. The molecule has 0 bridgehead atoms. The van der Waals surface area contributed by atoms with Gasteiger partial charge in [-0.1, -0.05) is 33.8 Å². The summed E-state index contributed by atoms with van der Waals surface area (Å²) in [4.78, 5) is 35.9. The number of hydrogen-bond acceptors (Lipinski definition) is 6. The highest BCUT2D eigenvalue weighted by atomic mass is 16.6. The fourth-order valence-corrected chi connectivity index (χ4v) is 7.16. The van der Waals surface area contributed by atoms with Gasteiger partial charge in [-0.05, 0) is 56.4 Å². The van der Waals surface area contributed by atoms with Crippen molar-refractivity contribution < 1.29 is 28.6 Å². The molecule has 0 aromatic heterocycles. The molecule has 6 heteroatoms. The van der Waals surface area contributed by atoms with Gasteiger partial charge >= 0.3 is 17.9 Å². The van der Waals surface area contributed by atoms with Crippen LogP contribution in [0.25, 0.3) is 0 Å². The summed E-state index contributed by atoms with van der Waals surface area (Å²) in [6.07, 6.45) is 6.13. The van der Waals surface area contributed by atoms with Crippen LogP contribution in [0.2, 0.25) is 0 Å². The highest BCUT2D eigenvalue weighted by molar-refractivity contribution is 5.67. The lowest BCUT2D eigenvalue weighted by Crippen LogP contribution is -2.64. The Hall–Kier alpha value is -1.85. The molecule has 2 aliphatic carbocycles. The van der Waals surface area contributed by atoms with E-state index >= 15 is 0 Å². The van der Waals surface area contributed by atoms with Crippen LogP contribution in [-0.4, -0.2) is 35.2 Å². The van der Waals surface area contributed by atoms with Crippen molar-refractivity contribution in [2.24, 2.45) is 22.7 Å². The molecule has 6 atom stereocenters. The molecule has 6 nitrogen and oxygen atoms in total. The first-order valence-electron chi connectivity index (χ1n) is 11.8. The summed E-state index contributed by atoms with van der Waals surface area (Å²) in [5, 5.41) is 0. The average molecular weight is 451 g/mol. The fourth-order valence-electron chi connectivity index (χ4n) is 7.16. The molecule has 0 aromatic rings. The van der Waals surface area contributed by atoms with E-state index in [1.807, 2.05) is 13.8 Å². The van der Waals surface area contributed by atoms with Crippen LogP contribution in [0.3, 0.4) is 0 Å². The first-order chi connectivity index (χ1) is 14.6. The van der Waals surface area contributed by atoms with E-state index in [0.717, 1.165) is 19.3 Å². The molecule has 2 fully saturated rings. The molecule has 0 saturated heterocycles. The first-order valence-corrected chi connectivity index (χ1v) is 11.8. The molecular formula is C26H42O6. The molecule has 0 N–H and O–H groups in total. The Kier molecular flexibility index (Phi) is 7.58. The second-order valence-corrected chi connectivity index (χ2v) is 11.3. The molecule has 2 rings (SSSR count). The Balaban J connectivity index is 2.53. The molecular weight excluding hydrogens is 408 g/mol. The SMILES string of the molecule is C=C[C@@](C)(CC[C@@H]1[C@@]2(C)CCCC(C)(C)[C@@H]2[C@H](OC(C)=O)C[C@]1(C)OC(C)=O)OC(C)=O. The van der Waals surface area contributed by atoms with Gasteiger partial charge in [-0.15, -0.1) is 0 Å². The van der Waals surface area contributed by atoms with Gasteiger partial charge in [0.1, 0.15) is 17.3 Å². The lowest BCUT2D eigenvalue weighted by Gasteiger charge is -2.63. The van der Waals surface area contributed by atoms with Crippen LogP contribution < -0.4 is 0 Å². The molecule has 2 aliphatic rings. The summed E-state index contributed by atoms with van der Waals surface area (Å²) in [7, 11) is 0. The third-order valence-corrected chi connectivity index (χ3v) is 8.03. The van der Waals surface area contributed by atoms with Crippen LogP contribution in [0.1, 0.15) is 93.9 Å².